The van der Waals surface area contributed by atoms with Gasteiger partial charge in [-0.2, -0.15) is 0 Å². The van der Waals surface area contributed by atoms with Crippen molar-refractivity contribution >= 4 is 7.12 Å². The highest BCUT2D eigenvalue weighted by atomic mass is 16.7. The average molecular weight is 237 g/mol. The van der Waals surface area contributed by atoms with Gasteiger partial charge in [-0.1, -0.05) is 13.8 Å². The van der Waals surface area contributed by atoms with Crippen molar-refractivity contribution in [2.45, 2.75) is 58.1 Å². The van der Waals surface area contributed by atoms with Crippen molar-refractivity contribution in [1.29, 1.82) is 0 Å². The molecule has 4 unspecified atom stereocenters. The van der Waals surface area contributed by atoms with Crippen LogP contribution in [-0.2, 0) is 9.31 Å². The minimum Gasteiger partial charge on any atom is -0.405 e. The summed E-state index contributed by atoms with van der Waals surface area (Å²) in [5.74, 6) is 1.50. The number of hydrogen-bond donors (Lipinski definition) is 1. The molecule has 4 fully saturated rings. The molecule has 3 saturated carbocycles. The van der Waals surface area contributed by atoms with E-state index >= 15 is 0 Å². The molecule has 0 spiro atoms. The van der Waals surface area contributed by atoms with E-state index in [0.29, 0.717) is 17.4 Å². The second kappa shape index (κ2) is 3.72. The van der Waals surface area contributed by atoms with Gasteiger partial charge in [0.2, 0.25) is 0 Å². The molecular weight excluding hydrogens is 213 g/mol. The third-order valence-corrected chi connectivity index (χ3v) is 5.65. The predicted octanol–water partition coefficient (Wildman–Crippen LogP) is 2.06. The fraction of sp³-hybridized carbons (Fsp3) is 1.00. The highest BCUT2D eigenvalue weighted by Gasteiger charge is 2.67. The van der Waals surface area contributed by atoms with Crippen LogP contribution < -0.4 is 5.73 Å². The Hall–Kier alpha value is -0.0551. The maximum atomic E-state index is 6.26. The van der Waals surface area contributed by atoms with Gasteiger partial charge in [-0.3, -0.25) is 0 Å². The quantitative estimate of drug-likeness (QED) is 0.764. The van der Waals surface area contributed by atoms with Crippen LogP contribution in [0.2, 0.25) is 6.32 Å². The summed E-state index contributed by atoms with van der Waals surface area (Å²) in [5.41, 5.74) is 5.95. The SMILES string of the molecule is CC1(C)C2CC3OB(CCCN)OC3(C)C1C2. The van der Waals surface area contributed by atoms with E-state index in [1.165, 1.54) is 12.8 Å². The molecule has 0 amide bonds. The molecular formula is C13H24BNO2. The molecule has 3 aliphatic carbocycles. The number of rotatable bonds is 3. The van der Waals surface area contributed by atoms with Gasteiger partial charge in [-0.05, 0) is 56.3 Å². The zero-order valence-electron chi connectivity index (χ0n) is 11.2. The van der Waals surface area contributed by atoms with Crippen LogP contribution in [0.3, 0.4) is 0 Å². The molecule has 0 aromatic rings. The first-order valence-electron chi connectivity index (χ1n) is 7.02. The Labute approximate surface area is 105 Å². The zero-order valence-corrected chi connectivity index (χ0v) is 11.2. The third kappa shape index (κ3) is 1.53. The van der Waals surface area contributed by atoms with Crippen molar-refractivity contribution in [1.82, 2.24) is 0 Å². The van der Waals surface area contributed by atoms with Gasteiger partial charge in [-0.25, -0.2) is 0 Å². The van der Waals surface area contributed by atoms with E-state index < -0.39 is 0 Å². The Bertz CT molecular complexity index is 323. The first-order valence-corrected chi connectivity index (χ1v) is 7.02. The van der Waals surface area contributed by atoms with E-state index in [1.807, 2.05) is 0 Å². The van der Waals surface area contributed by atoms with Gasteiger partial charge in [0.15, 0.2) is 0 Å². The summed E-state index contributed by atoms with van der Waals surface area (Å²) in [6.07, 6.45) is 4.76. The minimum absolute atomic E-state index is 0.0105. The van der Waals surface area contributed by atoms with E-state index in [4.69, 9.17) is 15.0 Å². The Morgan fingerprint density at radius 3 is 2.71 bits per heavy atom. The molecule has 17 heavy (non-hydrogen) atoms. The maximum Gasteiger partial charge on any atom is 0.457 e. The van der Waals surface area contributed by atoms with Crippen molar-refractivity contribution in [3.8, 4) is 0 Å². The van der Waals surface area contributed by atoms with Crippen molar-refractivity contribution in [3.05, 3.63) is 0 Å². The van der Waals surface area contributed by atoms with Gasteiger partial charge < -0.3 is 15.0 Å². The first kappa shape index (κ1) is 12.0. The summed E-state index contributed by atoms with van der Waals surface area (Å²) in [7, 11) is -0.0105. The molecule has 3 nitrogen and oxygen atoms in total. The Kier molecular flexibility index (Phi) is 2.63. The summed E-state index contributed by atoms with van der Waals surface area (Å²) < 4.78 is 12.3. The lowest BCUT2D eigenvalue weighted by Gasteiger charge is -2.64. The molecule has 0 radical (unpaired) electrons. The van der Waals surface area contributed by atoms with Gasteiger partial charge in [0.1, 0.15) is 0 Å². The van der Waals surface area contributed by atoms with Gasteiger partial charge in [0.05, 0.1) is 11.7 Å². The third-order valence-electron chi connectivity index (χ3n) is 5.65. The zero-order chi connectivity index (χ0) is 12.3. The summed E-state index contributed by atoms with van der Waals surface area (Å²) >= 11 is 0. The lowest BCUT2D eigenvalue weighted by molar-refractivity contribution is -0.199. The van der Waals surface area contributed by atoms with Crippen LogP contribution >= 0.6 is 0 Å². The molecule has 1 heterocycles. The fourth-order valence-electron chi connectivity index (χ4n) is 4.36. The van der Waals surface area contributed by atoms with Crippen LogP contribution in [0, 0.1) is 17.3 Å². The van der Waals surface area contributed by atoms with Crippen molar-refractivity contribution < 1.29 is 9.31 Å². The highest BCUT2D eigenvalue weighted by molar-refractivity contribution is 6.45. The minimum atomic E-state index is -0.0441. The monoisotopic (exact) mass is 237 g/mol. The van der Waals surface area contributed by atoms with Crippen LogP contribution in [0.4, 0.5) is 0 Å². The fourth-order valence-corrected chi connectivity index (χ4v) is 4.36. The maximum absolute atomic E-state index is 6.26. The van der Waals surface area contributed by atoms with Gasteiger partial charge in [0, 0.05) is 0 Å². The van der Waals surface area contributed by atoms with Crippen molar-refractivity contribution in [2.75, 3.05) is 6.54 Å². The van der Waals surface area contributed by atoms with E-state index in [9.17, 15) is 0 Å². The smallest absolute Gasteiger partial charge is 0.405 e. The molecule has 96 valence electrons. The molecule has 0 aromatic carbocycles. The largest absolute Gasteiger partial charge is 0.457 e. The molecule has 0 aromatic heterocycles. The Morgan fingerprint density at radius 1 is 1.29 bits per heavy atom. The molecule has 2 N–H and O–H groups in total. The van der Waals surface area contributed by atoms with Gasteiger partial charge in [0.25, 0.3) is 0 Å². The van der Waals surface area contributed by atoms with Crippen LogP contribution in [0.15, 0.2) is 0 Å². The molecule has 4 heteroatoms. The molecule has 2 bridgehead atoms. The van der Waals surface area contributed by atoms with Gasteiger partial charge >= 0.3 is 7.12 Å². The number of hydrogen-bond acceptors (Lipinski definition) is 3. The van der Waals surface area contributed by atoms with E-state index in [1.54, 1.807) is 0 Å². The Balaban J connectivity index is 1.73. The van der Waals surface area contributed by atoms with Gasteiger partial charge in [-0.15, -0.1) is 0 Å². The normalized spacial score (nSPS) is 46.6. The number of nitrogens with two attached hydrogens (primary N) is 1. The first-order chi connectivity index (χ1) is 7.98. The lowest BCUT2D eigenvalue weighted by atomic mass is 9.43. The summed E-state index contributed by atoms with van der Waals surface area (Å²) in [4.78, 5) is 0. The summed E-state index contributed by atoms with van der Waals surface area (Å²) in [6.45, 7) is 7.78. The van der Waals surface area contributed by atoms with Crippen LogP contribution in [0.5, 0.6) is 0 Å². The van der Waals surface area contributed by atoms with E-state index in [0.717, 1.165) is 25.2 Å². The van der Waals surface area contributed by atoms with Crippen molar-refractivity contribution in [2.24, 2.45) is 23.0 Å². The second-order valence-electron chi connectivity index (χ2n) is 6.83. The molecule has 4 atom stereocenters. The molecule has 1 saturated heterocycles. The standard InChI is InChI=1S/C13H24BNO2/c1-12(2)9-7-10(12)13(3)11(8-9)16-14(17-13)5-4-6-15/h9-11H,4-8,15H2,1-3H3. The van der Waals surface area contributed by atoms with Crippen LogP contribution in [0.25, 0.3) is 0 Å². The second-order valence-corrected chi connectivity index (χ2v) is 6.83. The van der Waals surface area contributed by atoms with E-state index in [2.05, 4.69) is 20.8 Å². The van der Waals surface area contributed by atoms with Crippen LogP contribution in [-0.4, -0.2) is 25.4 Å². The molecule has 4 aliphatic rings. The summed E-state index contributed by atoms with van der Waals surface area (Å²) in [5, 5.41) is 0. The van der Waals surface area contributed by atoms with Crippen LogP contribution in [0.1, 0.15) is 40.0 Å². The van der Waals surface area contributed by atoms with Crippen molar-refractivity contribution in [3.63, 3.8) is 0 Å². The predicted molar refractivity (Wildman–Crippen MR) is 68.6 cm³/mol. The average Bonchev–Trinajstić information content (AvgIpc) is 2.61. The topological polar surface area (TPSA) is 44.5 Å². The molecule has 4 rings (SSSR count). The summed E-state index contributed by atoms with van der Waals surface area (Å²) in [6, 6.07) is 0. The lowest BCUT2D eigenvalue weighted by Crippen LogP contribution is -2.65. The Morgan fingerprint density at radius 2 is 2.06 bits per heavy atom. The molecule has 1 aliphatic heterocycles. The van der Waals surface area contributed by atoms with E-state index in [-0.39, 0.29) is 12.7 Å². The highest BCUT2D eigenvalue weighted by Crippen LogP contribution is 2.65.